The van der Waals surface area contributed by atoms with Crippen LogP contribution in [0.3, 0.4) is 0 Å². The van der Waals surface area contributed by atoms with Gasteiger partial charge in [-0.3, -0.25) is 4.79 Å². The van der Waals surface area contributed by atoms with E-state index in [1.807, 2.05) is 26.8 Å². The number of ether oxygens (including phenoxy) is 2. The molecule has 2 rings (SSSR count). The molecule has 2 aliphatic rings. The molecule has 0 aromatic heterocycles. The molecule has 1 saturated heterocycles. The lowest BCUT2D eigenvalue weighted by Gasteiger charge is -2.40. The molecule has 0 aromatic carbocycles. The first-order valence-corrected chi connectivity index (χ1v) is 8.95. The summed E-state index contributed by atoms with van der Waals surface area (Å²) in [6.45, 7) is 7.27. The molecule has 0 unspecified atom stereocenters. The van der Waals surface area contributed by atoms with E-state index in [1.165, 1.54) is 0 Å². The molecule has 26 heavy (non-hydrogen) atoms. The number of ketones is 1. The van der Waals surface area contributed by atoms with Crippen molar-refractivity contribution in [3.8, 4) is 0 Å². The summed E-state index contributed by atoms with van der Waals surface area (Å²) in [6, 6.07) is 0. The Labute approximate surface area is 153 Å². The lowest BCUT2D eigenvalue weighted by atomic mass is 9.72. The van der Waals surface area contributed by atoms with Crippen LogP contribution in [0.4, 0.5) is 0 Å². The summed E-state index contributed by atoms with van der Waals surface area (Å²) in [7, 11) is 0. The van der Waals surface area contributed by atoms with E-state index < -0.39 is 37.3 Å². The zero-order chi connectivity index (χ0) is 19.6. The molecule has 0 bridgehead atoms. The molecule has 0 aromatic rings. The predicted molar refractivity (Wildman–Crippen MR) is 94.2 cm³/mol. The van der Waals surface area contributed by atoms with Crippen molar-refractivity contribution in [2.45, 2.75) is 77.3 Å². The number of rotatable bonds is 5. The Balaban J connectivity index is 2.03. The van der Waals surface area contributed by atoms with Gasteiger partial charge in [0.05, 0.1) is 12.7 Å². The van der Waals surface area contributed by atoms with Crippen molar-refractivity contribution in [1.29, 1.82) is 0 Å². The van der Waals surface area contributed by atoms with E-state index in [4.69, 9.17) is 9.47 Å². The molecule has 6 atom stereocenters. The van der Waals surface area contributed by atoms with Crippen LogP contribution in [-0.4, -0.2) is 69.6 Å². The number of hydrogen-bond donors (Lipinski definition) is 4. The van der Waals surface area contributed by atoms with Gasteiger partial charge in [-0.05, 0) is 42.9 Å². The minimum absolute atomic E-state index is 0.121. The van der Waals surface area contributed by atoms with Crippen molar-refractivity contribution in [3.63, 3.8) is 0 Å². The van der Waals surface area contributed by atoms with Crippen LogP contribution in [-0.2, 0) is 14.3 Å². The maximum Gasteiger partial charge on any atom is 0.186 e. The quantitative estimate of drug-likeness (QED) is 0.555. The number of carbonyl (C=O) groups excluding carboxylic acids is 1. The molecule has 148 valence electrons. The Morgan fingerprint density at radius 1 is 1.31 bits per heavy atom. The maximum atomic E-state index is 11.8. The van der Waals surface area contributed by atoms with Crippen LogP contribution < -0.4 is 0 Å². The second kappa shape index (κ2) is 8.29. The molecular formula is C19H30O7. The SMILES string of the molecule is CC1=CC(=O)CC(C)(C)C1=CC[C@H](C)O[C@@H]1O[C@H](CO)[C@@H](O)[C@H](O)[C@H]1O. The molecule has 0 spiro atoms. The number of hydrogen-bond acceptors (Lipinski definition) is 7. The molecule has 1 heterocycles. The first-order valence-electron chi connectivity index (χ1n) is 8.95. The number of carbonyl (C=O) groups is 1. The van der Waals surface area contributed by atoms with Crippen molar-refractivity contribution in [3.05, 3.63) is 23.3 Å². The van der Waals surface area contributed by atoms with Gasteiger partial charge >= 0.3 is 0 Å². The van der Waals surface area contributed by atoms with Gasteiger partial charge in [-0.25, -0.2) is 0 Å². The van der Waals surface area contributed by atoms with Crippen LogP contribution >= 0.6 is 0 Å². The van der Waals surface area contributed by atoms with E-state index in [0.717, 1.165) is 11.1 Å². The Hall–Kier alpha value is -1.09. The fraction of sp³-hybridized carbons (Fsp3) is 0.737. The van der Waals surface area contributed by atoms with Crippen LogP contribution in [0, 0.1) is 5.41 Å². The number of aliphatic hydroxyl groups excluding tert-OH is 4. The van der Waals surface area contributed by atoms with E-state index in [2.05, 4.69) is 0 Å². The molecule has 4 N–H and O–H groups in total. The Morgan fingerprint density at radius 2 is 1.96 bits per heavy atom. The zero-order valence-corrected chi connectivity index (χ0v) is 15.8. The van der Waals surface area contributed by atoms with Gasteiger partial charge in [-0.1, -0.05) is 19.9 Å². The minimum Gasteiger partial charge on any atom is -0.394 e. The van der Waals surface area contributed by atoms with Gasteiger partial charge in [0, 0.05) is 6.42 Å². The second-order valence-corrected chi connectivity index (χ2v) is 7.85. The number of allylic oxidation sites excluding steroid dienone is 3. The second-order valence-electron chi connectivity index (χ2n) is 7.85. The highest BCUT2D eigenvalue weighted by molar-refractivity contribution is 5.93. The van der Waals surface area contributed by atoms with Crippen molar-refractivity contribution in [2.24, 2.45) is 5.41 Å². The molecule has 1 aliphatic carbocycles. The molecule has 0 amide bonds. The Morgan fingerprint density at radius 3 is 2.54 bits per heavy atom. The van der Waals surface area contributed by atoms with Crippen LogP contribution in [0.2, 0.25) is 0 Å². The fourth-order valence-electron chi connectivity index (χ4n) is 3.62. The van der Waals surface area contributed by atoms with Gasteiger partial charge in [-0.15, -0.1) is 0 Å². The molecule has 1 aliphatic heterocycles. The summed E-state index contributed by atoms with van der Waals surface area (Å²) in [6.07, 6.45) is -2.09. The van der Waals surface area contributed by atoms with Crippen LogP contribution in [0.5, 0.6) is 0 Å². The maximum absolute atomic E-state index is 11.8. The third-order valence-electron chi connectivity index (χ3n) is 5.02. The van der Waals surface area contributed by atoms with E-state index in [1.54, 1.807) is 13.0 Å². The van der Waals surface area contributed by atoms with E-state index in [-0.39, 0.29) is 17.3 Å². The Bertz CT molecular complexity index is 578. The predicted octanol–water partition coefficient (Wildman–Crippen LogP) is 0.453. The summed E-state index contributed by atoms with van der Waals surface area (Å²) in [5.74, 6) is 0.121. The molecule has 0 saturated carbocycles. The van der Waals surface area contributed by atoms with E-state index in [9.17, 15) is 25.2 Å². The highest BCUT2D eigenvalue weighted by atomic mass is 16.7. The molecule has 7 heteroatoms. The van der Waals surface area contributed by atoms with Crippen molar-refractivity contribution in [2.75, 3.05) is 6.61 Å². The molecule has 0 radical (unpaired) electrons. The summed E-state index contributed by atoms with van der Waals surface area (Å²) in [4.78, 5) is 11.8. The third kappa shape index (κ3) is 4.60. The van der Waals surface area contributed by atoms with E-state index >= 15 is 0 Å². The Kier molecular flexibility index (Phi) is 6.76. The van der Waals surface area contributed by atoms with Gasteiger partial charge in [0.15, 0.2) is 12.1 Å². The van der Waals surface area contributed by atoms with Crippen molar-refractivity contribution < 1.29 is 34.7 Å². The van der Waals surface area contributed by atoms with Gasteiger partial charge in [0.1, 0.15) is 24.4 Å². The smallest absolute Gasteiger partial charge is 0.186 e. The summed E-state index contributed by atoms with van der Waals surface area (Å²) in [5, 5.41) is 38.9. The number of aliphatic hydroxyl groups is 4. The summed E-state index contributed by atoms with van der Waals surface area (Å²) < 4.78 is 11.0. The highest BCUT2D eigenvalue weighted by Crippen LogP contribution is 2.39. The van der Waals surface area contributed by atoms with Gasteiger partial charge in [0.2, 0.25) is 0 Å². The van der Waals surface area contributed by atoms with Crippen molar-refractivity contribution in [1.82, 2.24) is 0 Å². The fourth-order valence-corrected chi connectivity index (χ4v) is 3.62. The lowest BCUT2D eigenvalue weighted by Crippen LogP contribution is -2.59. The largest absolute Gasteiger partial charge is 0.394 e. The molecular weight excluding hydrogens is 340 g/mol. The highest BCUT2D eigenvalue weighted by Gasteiger charge is 2.44. The standard InChI is InChI=1S/C19H30O7/c1-10-7-12(21)8-19(3,4)13(10)6-5-11(2)25-18-17(24)16(23)15(22)14(9-20)26-18/h6-7,11,14-18,20,22-24H,5,8-9H2,1-4H3/t11-,14+,15+,16-,17+,18+/m0/s1. The van der Waals surface area contributed by atoms with Crippen LogP contribution in [0.1, 0.15) is 40.5 Å². The van der Waals surface area contributed by atoms with Gasteiger partial charge < -0.3 is 29.9 Å². The molecule has 1 fully saturated rings. The van der Waals surface area contributed by atoms with Gasteiger partial charge in [-0.2, -0.15) is 0 Å². The van der Waals surface area contributed by atoms with E-state index in [0.29, 0.717) is 12.8 Å². The first-order chi connectivity index (χ1) is 12.1. The normalized spacial score (nSPS) is 37.5. The first kappa shape index (κ1) is 21.2. The third-order valence-corrected chi connectivity index (χ3v) is 5.02. The van der Waals surface area contributed by atoms with Crippen LogP contribution in [0.25, 0.3) is 0 Å². The molecule has 7 nitrogen and oxygen atoms in total. The lowest BCUT2D eigenvalue weighted by molar-refractivity contribution is -0.309. The van der Waals surface area contributed by atoms with Gasteiger partial charge in [0.25, 0.3) is 0 Å². The zero-order valence-electron chi connectivity index (χ0n) is 15.8. The summed E-state index contributed by atoms with van der Waals surface area (Å²) in [5.41, 5.74) is 1.77. The summed E-state index contributed by atoms with van der Waals surface area (Å²) >= 11 is 0. The minimum atomic E-state index is -1.45. The van der Waals surface area contributed by atoms with Crippen molar-refractivity contribution >= 4 is 5.78 Å². The average Bonchev–Trinajstić information content (AvgIpc) is 2.53. The van der Waals surface area contributed by atoms with Crippen LogP contribution in [0.15, 0.2) is 23.3 Å². The topological polar surface area (TPSA) is 116 Å². The average molecular weight is 370 g/mol. The monoisotopic (exact) mass is 370 g/mol.